The topological polar surface area (TPSA) is 106 Å². The molecule has 0 aliphatic rings. The highest BCUT2D eigenvalue weighted by atomic mass is 16.6. The zero-order valence-electron chi connectivity index (χ0n) is 15.1. The highest BCUT2D eigenvalue weighted by molar-refractivity contribution is 5.87. The molecule has 0 atom stereocenters. The fraction of sp³-hybridized carbons (Fsp3) is 0.222. The van der Waals surface area contributed by atoms with E-state index >= 15 is 0 Å². The number of rotatable bonds is 5. The van der Waals surface area contributed by atoms with Crippen LogP contribution < -0.4 is 5.01 Å². The zero-order chi connectivity index (χ0) is 18.8. The molecule has 0 N–H and O–H groups in total. The van der Waals surface area contributed by atoms with E-state index in [1.165, 1.54) is 0 Å². The van der Waals surface area contributed by atoms with Crippen molar-refractivity contribution in [2.45, 2.75) is 27.3 Å². The first-order valence-corrected chi connectivity index (χ1v) is 8.38. The van der Waals surface area contributed by atoms with Gasteiger partial charge in [-0.1, -0.05) is 51.9 Å². The molecule has 0 fully saturated rings. The van der Waals surface area contributed by atoms with Gasteiger partial charge in [-0.2, -0.15) is 0 Å². The third-order valence-corrected chi connectivity index (χ3v) is 4.33. The molecule has 136 valence electrons. The minimum absolute atomic E-state index is 0.309. The van der Waals surface area contributed by atoms with Gasteiger partial charge < -0.3 is 0 Å². The summed E-state index contributed by atoms with van der Waals surface area (Å²) < 4.78 is 9.52. The smallest absolute Gasteiger partial charge is 0.242 e. The molecule has 9 heteroatoms. The van der Waals surface area contributed by atoms with Crippen LogP contribution in [0, 0.1) is 20.8 Å². The molecule has 0 spiro atoms. The molecule has 27 heavy (non-hydrogen) atoms. The fourth-order valence-corrected chi connectivity index (χ4v) is 2.83. The molecular weight excluding hydrogens is 346 g/mol. The van der Waals surface area contributed by atoms with Crippen molar-refractivity contribution in [1.29, 1.82) is 0 Å². The summed E-state index contributed by atoms with van der Waals surface area (Å²) in [4.78, 5) is 0. The Kier molecular flexibility index (Phi) is 4.33. The number of fused-ring (bicyclic) bond motifs is 1. The lowest BCUT2D eigenvalue weighted by Gasteiger charge is -2.17. The van der Waals surface area contributed by atoms with Gasteiger partial charge in [0.05, 0.1) is 6.54 Å². The van der Waals surface area contributed by atoms with Crippen molar-refractivity contribution in [2.24, 2.45) is 10.3 Å². The summed E-state index contributed by atoms with van der Waals surface area (Å²) in [5, 5.41) is 27.6. The first-order valence-electron chi connectivity index (χ1n) is 8.38. The van der Waals surface area contributed by atoms with Gasteiger partial charge in [0.2, 0.25) is 11.6 Å². The molecule has 0 saturated carbocycles. The van der Waals surface area contributed by atoms with Crippen LogP contribution in [0.25, 0.3) is 10.8 Å². The molecule has 0 amide bonds. The molecule has 2 aromatic carbocycles. The molecule has 2 heterocycles. The molecule has 0 unspecified atom stereocenters. The van der Waals surface area contributed by atoms with E-state index in [2.05, 4.69) is 66.8 Å². The largest absolute Gasteiger partial charge is 0.242 e. The summed E-state index contributed by atoms with van der Waals surface area (Å²) in [7, 11) is 0. The highest BCUT2D eigenvalue weighted by Crippen LogP contribution is 2.27. The maximum atomic E-state index is 4.85. The zero-order valence-corrected chi connectivity index (χ0v) is 15.1. The Hall–Kier alpha value is -3.62. The Morgan fingerprint density at radius 2 is 1.67 bits per heavy atom. The van der Waals surface area contributed by atoms with E-state index in [1.807, 2.05) is 12.1 Å². The van der Waals surface area contributed by atoms with Gasteiger partial charge in [-0.05, 0) is 53.0 Å². The number of aryl methyl sites for hydroxylation is 3. The summed E-state index contributed by atoms with van der Waals surface area (Å²) >= 11 is 0. The Morgan fingerprint density at radius 3 is 2.41 bits per heavy atom. The summed E-state index contributed by atoms with van der Waals surface area (Å²) in [5.74, 6) is 0.795. The third-order valence-electron chi connectivity index (χ3n) is 4.33. The maximum absolute atomic E-state index is 4.85. The van der Waals surface area contributed by atoms with E-state index in [9.17, 15) is 0 Å². The Balaban J connectivity index is 1.76. The molecule has 2 aromatic heterocycles. The number of aromatic nitrogens is 4. The predicted molar refractivity (Wildman–Crippen MR) is 97.5 cm³/mol. The van der Waals surface area contributed by atoms with Crippen LogP contribution in [0.3, 0.4) is 0 Å². The van der Waals surface area contributed by atoms with Gasteiger partial charge in [0.15, 0.2) is 0 Å². The van der Waals surface area contributed by atoms with Crippen molar-refractivity contribution >= 4 is 22.4 Å². The first-order chi connectivity index (χ1) is 13.1. The van der Waals surface area contributed by atoms with Crippen molar-refractivity contribution in [2.75, 3.05) is 5.01 Å². The van der Waals surface area contributed by atoms with Gasteiger partial charge in [-0.3, -0.25) is 0 Å². The van der Waals surface area contributed by atoms with Gasteiger partial charge in [0, 0.05) is 0 Å². The number of hydrogen-bond acceptors (Lipinski definition) is 8. The van der Waals surface area contributed by atoms with Crippen LogP contribution in [0.5, 0.6) is 0 Å². The number of anilines is 1. The van der Waals surface area contributed by atoms with Crippen molar-refractivity contribution < 1.29 is 9.26 Å². The van der Waals surface area contributed by atoms with Crippen LogP contribution in [0.2, 0.25) is 0 Å². The molecule has 0 aliphatic carbocycles. The Bertz CT molecular complexity index is 1120. The van der Waals surface area contributed by atoms with Crippen molar-refractivity contribution in [3.05, 3.63) is 58.9 Å². The summed E-state index contributed by atoms with van der Waals surface area (Å²) in [5.41, 5.74) is 3.42. The number of nitrogens with zero attached hydrogens (tertiary/aromatic N) is 7. The molecule has 9 nitrogen and oxygen atoms in total. The lowest BCUT2D eigenvalue weighted by atomic mass is 9.99. The standard InChI is InChI=1S/C18H17N7O2/c1-11-8-9-14-6-4-5-7-15(14)16(11)10-25(18-13(3)21-27-23-18)24-19-17-12(2)20-26-22-17/h4-9H,10H2,1-3H3. The van der Waals surface area contributed by atoms with Gasteiger partial charge in [-0.25, -0.2) is 14.3 Å². The van der Waals surface area contributed by atoms with Gasteiger partial charge >= 0.3 is 0 Å². The van der Waals surface area contributed by atoms with Gasteiger partial charge in [0.1, 0.15) is 11.4 Å². The minimum atomic E-state index is 0.309. The summed E-state index contributed by atoms with van der Waals surface area (Å²) in [6.07, 6.45) is 0. The molecule has 0 saturated heterocycles. The van der Waals surface area contributed by atoms with Gasteiger partial charge in [0.25, 0.3) is 0 Å². The lowest BCUT2D eigenvalue weighted by Crippen LogP contribution is -2.17. The molecular formula is C18H17N7O2. The van der Waals surface area contributed by atoms with Crippen molar-refractivity contribution in [1.82, 2.24) is 20.6 Å². The highest BCUT2D eigenvalue weighted by Gasteiger charge is 2.18. The van der Waals surface area contributed by atoms with Crippen LogP contribution in [0.4, 0.5) is 11.6 Å². The average molecular weight is 363 g/mol. The second-order valence-corrected chi connectivity index (χ2v) is 6.18. The summed E-state index contributed by atoms with van der Waals surface area (Å²) in [6, 6.07) is 12.4. The first kappa shape index (κ1) is 16.8. The Labute approximate surface area is 154 Å². The number of hydrogen-bond donors (Lipinski definition) is 0. The molecule has 0 aliphatic heterocycles. The SMILES string of the molecule is Cc1ccc2ccccc2c1CN(N=Nc1nonc1C)c1nonc1C. The average Bonchev–Trinajstić information content (AvgIpc) is 3.28. The molecule has 4 rings (SSSR count). The Morgan fingerprint density at radius 1 is 0.889 bits per heavy atom. The van der Waals surface area contributed by atoms with E-state index in [4.69, 9.17) is 4.63 Å². The quantitative estimate of drug-likeness (QED) is 0.386. The van der Waals surface area contributed by atoms with Gasteiger partial charge in [-0.15, -0.1) is 5.11 Å². The fourth-order valence-electron chi connectivity index (χ4n) is 2.83. The van der Waals surface area contributed by atoms with E-state index in [-0.39, 0.29) is 0 Å². The van der Waals surface area contributed by atoms with Crippen LogP contribution in [-0.2, 0) is 6.54 Å². The third kappa shape index (κ3) is 3.26. The van der Waals surface area contributed by atoms with Crippen molar-refractivity contribution in [3.63, 3.8) is 0 Å². The van der Waals surface area contributed by atoms with E-state index < -0.39 is 0 Å². The van der Waals surface area contributed by atoms with E-state index in [0.717, 1.165) is 21.9 Å². The molecule has 0 bridgehead atoms. The van der Waals surface area contributed by atoms with E-state index in [1.54, 1.807) is 18.9 Å². The summed E-state index contributed by atoms with van der Waals surface area (Å²) in [6.45, 7) is 6.05. The second kappa shape index (κ2) is 6.94. The van der Waals surface area contributed by atoms with Crippen LogP contribution in [-0.4, -0.2) is 20.6 Å². The monoisotopic (exact) mass is 363 g/mol. The lowest BCUT2D eigenvalue weighted by molar-refractivity contribution is 0.304. The van der Waals surface area contributed by atoms with Crippen LogP contribution in [0.1, 0.15) is 22.5 Å². The normalized spacial score (nSPS) is 11.5. The van der Waals surface area contributed by atoms with E-state index in [0.29, 0.717) is 29.6 Å². The maximum Gasteiger partial charge on any atom is 0.242 e. The van der Waals surface area contributed by atoms with Crippen molar-refractivity contribution in [3.8, 4) is 0 Å². The second-order valence-electron chi connectivity index (χ2n) is 6.18. The number of benzene rings is 2. The molecule has 0 radical (unpaired) electrons. The van der Waals surface area contributed by atoms with Crippen LogP contribution >= 0.6 is 0 Å². The van der Waals surface area contributed by atoms with Crippen LogP contribution in [0.15, 0.2) is 56.0 Å². The predicted octanol–water partition coefficient (Wildman–Crippen LogP) is 4.24. The molecule has 4 aromatic rings. The minimum Gasteiger partial charge on any atom is -0.242 e.